The molecular weight excluding hydrogens is 328 g/mol. The Kier molecular flexibility index (Phi) is 4.64. The highest BCUT2D eigenvalue weighted by Crippen LogP contribution is 2.48. The lowest BCUT2D eigenvalue weighted by molar-refractivity contribution is -0.176. The Morgan fingerprint density at radius 3 is 2.92 bits per heavy atom. The number of thiocarbonyl (C=S) groups is 1. The van der Waals surface area contributed by atoms with Crippen LogP contribution in [0, 0.1) is 5.92 Å². The van der Waals surface area contributed by atoms with E-state index >= 15 is 0 Å². The number of nitrogens with one attached hydrogen (secondary N) is 1. The van der Waals surface area contributed by atoms with Gasteiger partial charge in [0.1, 0.15) is 11.7 Å². The number of fused-ring (bicyclic) bond motifs is 4. The van der Waals surface area contributed by atoms with Gasteiger partial charge in [0.05, 0.1) is 19.3 Å². The molecule has 1 aromatic carbocycles. The summed E-state index contributed by atoms with van der Waals surface area (Å²) in [6, 6.07) is 7.43. The molecule has 3 rings (SSSR count). The van der Waals surface area contributed by atoms with Crippen LogP contribution >= 0.6 is 12.2 Å². The van der Waals surface area contributed by atoms with Crippen molar-refractivity contribution in [3.63, 3.8) is 0 Å². The van der Waals surface area contributed by atoms with Crippen LogP contribution in [0.5, 0.6) is 5.75 Å². The van der Waals surface area contributed by atoms with Gasteiger partial charge in [-0.3, -0.25) is 4.79 Å². The van der Waals surface area contributed by atoms with E-state index in [-0.39, 0.29) is 12.0 Å². The highest BCUT2D eigenvalue weighted by molar-refractivity contribution is 7.80. The van der Waals surface area contributed by atoms with E-state index in [1.807, 2.05) is 36.1 Å². The SMILES string of the molecule is CCOC(=O)C1C2NC(=S)N(CCOC)C1(C)Oc1ccccc12. The number of hydrogen-bond acceptors (Lipinski definition) is 5. The molecule has 0 amide bonds. The molecule has 7 heteroatoms. The molecule has 6 nitrogen and oxygen atoms in total. The molecule has 130 valence electrons. The highest BCUT2D eigenvalue weighted by atomic mass is 32.1. The second-order valence-corrected chi connectivity index (χ2v) is 6.38. The molecule has 2 aliphatic rings. The monoisotopic (exact) mass is 350 g/mol. The minimum absolute atomic E-state index is 0.273. The van der Waals surface area contributed by atoms with Crippen molar-refractivity contribution < 1.29 is 19.0 Å². The number of ether oxygens (including phenoxy) is 3. The third-order valence-corrected chi connectivity index (χ3v) is 4.94. The Morgan fingerprint density at radius 2 is 2.21 bits per heavy atom. The number of carbonyl (C=O) groups excluding carboxylic acids is 1. The van der Waals surface area contributed by atoms with Crippen LogP contribution in [0.4, 0.5) is 0 Å². The van der Waals surface area contributed by atoms with Gasteiger partial charge in [-0.15, -0.1) is 0 Å². The fourth-order valence-electron chi connectivity index (χ4n) is 3.49. The average molecular weight is 350 g/mol. The maximum atomic E-state index is 12.7. The van der Waals surface area contributed by atoms with E-state index in [9.17, 15) is 4.79 Å². The molecule has 3 unspecified atom stereocenters. The van der Waals surface area contributed by atoms with Crippen molar-refractivity contribution in [3.05, 3.63) is 29.8 Å². The largest absolute Gasteiger partial charge is 0.467 e. The van der Waals surface area contributed by atoms with Crippen LogP contribution in [-0.4, -0.2) is 48.6 Å². The zero-order valence-electron chi connectivity index (χ0n) is 14.1. The molecule has 2 aliphatic heterocycles. The first kappa shape index (κ1) is 17.0. The van der Waals surface area contributed by atoms with Gasteiger partial charge in [-0.25, -0.2) is 0 Å². The van der Waals surface area contributed by atoms with Crippen LogP contribution in [0.15, 0.2) is 24.3 Å². The molecule has 1 fully saturated rings. The van der Waals surface area contributed by atoms with Gasteiger partial charge in [-0.1, -0.05) is 18.2 Å². The predicted octanol–water partition coefficient (Wildman–Crippen LogP) is 1.85. The molecule has 1 aromatic rings. The van der Waals surface area contributed by atoms with Crippen LogP contribution in [0.25, 0.3) is 0 Å². The second kappa shape index (κ2) is 6.57. The lowest BCUT2D eigenvalue weighted by Gasteiger charge is -2.55. The van der Waals surface area contributed by atoms with E-state index in [1.165, 1.54) is 0 Å². The summed E-state index contributed by atoms with van der Waals surface area (Å²) in [5.41, 5.74) is -0.00616. The van der Waals surface area contributed by atoms with Crippen LogP contribution in [0.2, 0.25) is 0 Å². The number of rotatable bonds is 5. The quantitative estimate of drug-likeness (QED) is 0.642. The van der Waals surface area contributed by atoms with Gasteiger partial charge in [-0.05, 0) is 32.1 Å². The van der Waals surface area contributed by atoms with Crippen molar-refractivity contribution in [2.24, 2.45) is 5.92 Å². The first-order valence-electron chi connectivity index (χ1n) is 8.04. The van der Waals surface area contributed by atoms with Gasteiger partial charge < -0.3 is 24.4 Å². The van der Waals surface area contributed by atoms with E-state index in [0.29, 0.717) is 24.9 Å². The lowest BCUT2D eigenvalue weighted by atomic mass is 9.79. The summed E-state index contributed by atoms with van der Waals surface area (Å²) in [5.74, 6) is -0.0733. The summed E-state index contributed by atoms with van der Waals surface area (Å²) in [4.78, 5) is 14.6. The average Bonchev–Trinajstić information content (AvgIpc) is 2.54. The molecular formula is C17H22N2O4S. The third-order valence-electron chi connectivity index (χ3n) is 4.60. The van der Waals surface area contributed by atoms with Crippen LogP contribution in [-0.2, 0) is 14.3 Å². The molecule has 0 spiro atoms. The fraction of sp³-hybridized carbons (Fsp3) is 0.529. The van der Waals surface area contributed by atoms with Crippen molar-refractivity contribution in [1.82, 2.24) is 10.2 Å². The summed E-state index contributed by atoms with van der Waals surface area (Å²) in [5, 5.41) is 3.85. The summed E-state index contributed by atoms with van der Waals surface area (Å²) >= 11 is 5.53. The molecule has 0 radical (unpaired) electrons. The van der Waals surface area contributed by atoms with E-state index in [4.69, 9.17) is 26.4 Å². The molecule has 1 saturated heterocycles. The van der Waals surface area contributed by atoms with Crippen molar-refractivity contribution in [1.29, 1.82) is 0 Å². The number of hydrogen-bond donors (Lipinski definition) is 1. The first-order valence-corrected chi connectivity index (χ1v) is 8.45. The number of methoxy groups -OCH3 is 1. The minimum atomic E-state index is -0.924. The van der Waals surface area contributed by atoms with E-state index in [0.717, 1.165) is 11.3 Å². The van der Waals surface area contributed by atoms with Crippen LogP contribution in [0.3, 0.4) is 0 Å². The summed E-state index contributed by atoms with van der Waals surface area (Å²) in [6.07, 6.45) is 0. The summed E-state index contributed by atoms with van der Waals surface area (Å²) < 4.78 is 16.8. The Balaban J connectivity index is 2.07. The zero-order valence-corrected chi connectivity index (χ0v) is 14.9. The second-order valence-electron chi connectivity index (χ2n) is 6.00. The molecule has 0 aromatic heterocycles. The summed E-state index contributed by atoms with van der Waals surface area (Å²) in [6.45, 7) is 5.00. The molecule has 1 N–H and O–H groups in total. The van der Waals surface area contributed by atoms with E-state index in [2.05, 4.69) is 5.32 Å². The standard InChI is InChI=1S/C17H22N2O4S/c1-4-22-15(20)13-14-11-7-5-6-8-12(11)23-17(13,2)19(9-10-21-3)16(24)18-14/h5-8,13-14H,4,9-10H2,1-3H3,(H,18,24). The van der Waals surface area contributed by atoms with Gasteiger partial charge in [0.15, 0.2) is 10.8 Å². The predicted molar refractivity (Wildman–Crippen MR) is 92.7 cm³/mol. The van der Waals surface area contributed by atoms with Gasteiger partial charge >= 0.3 is 5.97 Å². The van der Waals surface area contributed by atoms with Crippen LogP contribution < -0.4 is 10.1 Å². The van der Waals surface area contributed by atoms with Crippen molar-refractivity contribution in [2.45, 2.75) is 25.6 Å². The van der Waals surface area contributed by atoms with Crippen LogP contribution in [0.1, 0.15) is 25.5 Å². The molecule has 2 heterocycles. The van der Waals surface area contributed by atoms with Crippen molar-refractivity contribution in [2.75, 3.05) is 26.9 Å². The highest BCUT2D eigenvalue weighted by Gasteiger charge is 2.59. The lowest BCUT2D eigenvalue weighted by Crippen LogP contribution is -2.71. The molecule has 3 atom stereocenters. The maximum Gasteiger partial charge on any atom is 0.317 e. The Morgan fingerprint density at radius 1 is 1.46 bits per heavy atom. The molecule has 2 bridgehead atoms. The minimum Gasteiger partial charge on any atom is -0.467 e. The van der Waals surface area contributed by atoms with Gasteiger partial charge in [0, 0.05) is 19.2 Å². The number of carbonyl (C=O) groups is 1. The number of nitrogens with zero attached hydrogens (tertiary/aromatic N) is 1. The van der Waals surface area contributed by atoms with Crippen molar-refractivity contribution in [3.8, 4) is 5.75 Å². The number of esters is 1. The molecule has 0 saturated carbocycles. The Bertz CT molecular complexity index is 653. The third kappa shape index (κ3) is 2.61. The Labute approximate surface area is 147 Å². The van der Waals surface area contributed by atoms with E-state index in [1.54, 1.807) is 14.0 Å². The van der Waals surface area contributed by atoms with E-state index < -0.39 is 11.6 Å². The fourth-order valence-corrected chi connectivity index (χ4v) is 3.89. The number of benzene rings is 1. The first-order chi connectivity index (χ1) is 11.5. The Hall–Kier alpha value is -1.86. The zero-order chi connectivity index (χ0) is 17.3. The van der Waals surface area contributed by atoms with Gasteiger partial charge in [-0.2, -0.15) is 0 Å². The molecule has 0 aliphatic carbocycles. The summed E-state index contributed by atoms with van der Waals surface area (Å²) in [7, 11) is 1.63. The smallest absolute Gasteiger partial charge is 0.317 e. The van der Waals surface area contributed by atoms with Gasteiger partial charge in [0.2, 0.25) is 0 Å². The number of para-hydroxylation sites is 1. The normalized spacial score (nSPS) is 27.8. The molecule has 24 heavy (non-hydrogen) atoms. The van der Waals surface area contributed by atoms with Crippen molar-refractivity contribution >= 4 is 23.3 Å². The van der Waals surface area contributed by atoms with Gasteiger partial charge in [0.25, 0.3) is 0 Å². The topological polar surface area (TPSA) is 60.0 Å². The maximum absolute atomic E-state index is 12.7.